The van der Waals surface area contributed by atoms with E-state index in [9.17, 15) is 14.4 Å². The Bertz CT molecular complexity index is 2390. The van der Waals surface area contributed by atoms with Crippen molar-refractivity contribution >= 4 is 105 Å². The van der Waals surface area contributed by atoms with E-state index < -0.39 is 6.09 Å². The number of thiophene rings is 2. The van der Waals surface area contributed by atoms with Crippen LogP contribution in [0.2, 0.25) is 0 Å². The number of ether oxygens (including phenoxy) is 1. The number of ketones is 2. The summed E-state index contributed by atoms with van der Waals surface area (Å²) in [5, 5.41) is 1.01. The maximum atomic E-state index is 13.8. The lowest BCUT2D eigenvalue weighted by Crippen LogP contribution is -2.21. The summed E-state index contributed by atoms with van der Waals surface area (Å²) in [6.07, 6.45) is 3.01. The van der Waals surface area contributed by atoms with Gasteiger partial charge in [-0.25, -0.2) is 14.4 Å². The Morgan fingerprint density at radius 2 is 1.61 bits per heavy atom. The van der Waals surface area contributed by atoms with Crippen LogP contribution >= 0.6 is 34.4 Å². The molecule has 0 spiro atoms. The molecule has 2 fully saturated rings. The molecular weight excluding hydrogens is 637 g/mol. The van der Waals surface area contributed by atoms with E-state index in [1.165, 1.54) is 0 Å². The minimum atomic E-state index is -0.435. The zero-order valence-electron chi connectivity index (χ0n) is 24.3. The van der Waals surface area contributed by atoms with Crippen LogP contribution in [0.3, 0.4) is 0 Å². The highest BCUT2D eigenvalue weighted by atomic mass is 32.1. The van der Waals surface area contributed by atoms with Gasteiger partial charge in [0.25, 0.3) is 0 Å². The molecule has 0 saturated heterocycles. The molecule has 4 heterocycles. The summed E-state index contributed by atoms with van der Waals surface area (Å²) in [5.74, 6) is -0.748. The van der Waals surface area contributed by atoms with E-state index in [1.807, 2.05) is 66.7 Å². The van der Waals surface area contributed by atoms with E-state index in [1.54, 1.807) is 27.2 Å². The van der Waals surface area contributed by atoms with Gasteiger partial charge in [-0.05, 0) is 42.7 Å². The summed E-state index contributed by atoms with van der Waals surface area (Å²) in [7, 11) is 0. The molecule has 0 N–H and O–H groups in total. The molecule has 2 unspecified atom stereocenters. The van der Waals surface area contributed by atoms with Crippen molar-refractivity contribution in [2.45, 2.75) is 32.3 Å². The van der Waals surface area contributed by atoms with Gasteiger partial charge in [-0.3, -0.25) is 9.59 Å². The SMILES string of the molecule is O=C1C(=Nc2ccc(-c3cc4c(s3)c3sc5ccccc5c3n4C(=O)OCc3ccccc3)c3nsnc23)C(=O)C2CCCCC12. The van der Waals surface area contributed by atoms with Gasteiger partial charge >= 0.3 is 6.09 Å². The molecule has 226 valence electrons. The van der Waals surface area contributed by atoms with Gasteiger partial charge in [0.15, 0.2) is 17.3 Å². The smallest absolute Gasteiger partial charge is 0.419 e. The highest BCUT2D eigenvalue weighted by molar-refractivity contribution is 7.32. The fourth-order valence-electron chi connectivity index (χ4n) is 6.95. The predicted octanol–water partition coefficient (Wildman–Crippen LogP) is 8.96. The maximum absolute atomic E-state index is 13.8. The van der Waals surface area contributed by atoms with Crippen LogP contribution in [-0.4, -0.2) is 36.7 Å². The fraction of sp³-hybridized carbons (Fsp3) is 0.200. The Labute approximate surface area is 274 Å². The molecule has 46 heavy (non-hydrogen) atoms. The highest BCUT2D eigenvalue weighted by Crippen LogP contribution is 2.47. The van der Waals surface area contributed by atoms with E-state index in [4.69, 9.17) is 4.74 Å². The van der Waals surface area contributed by atoms with Crippen LogP contribution in [0.5, 0.6) is 0 Å². The number of hydrogen-bond acceptors (Lipinski definition) is 10. The lowest BCUT2D eigenvalue weighted by atomic mass is 9.81. The summed E-state index contributed by atoms with van der Waals surface area (Å²) in [6.45, 7) is 0.168. The fourth-order valence-corrected chi connectivity index (χ4v) is 10.0. The molecule has 8 nitrogen and oxygen atoms in total. The monoisotopic (exact) mass is 660 g/mol. The van der Waals surface area contributed by atoms with Gasteiger partial charge in [0.2, 0.25) is 0 Å². The van der Waals surface area contributed by atoms with Crippen LogP contribution in [0.4, 0.5) is 10.5 Å². The number of fused-ring (bicyclic) bond motifs is 7. The van der Waals surface area contributed by atoms with Gasteiger partial charge in [-0.2, -0.15) is 8.75 Å². The predicted molar refractivity (Wildman–Crippen MR) is 184 cm³/mol. The molecule has 2 saturated carbocycles. The zero-order valence-corrected chi connectivity index (χ0v) is 26.7. The van der Waals surface area contributed by atoms with E-state index in [-0.39, 0.29) is 35.7 Å². The second-order valence-electron chi connectivity index (χ2n) is 11.8. The number of Topliss-reactive ketones (excluding diaryl/α,β-unsaturated/α-hetero) is 2. The molecule has 11 heteroatoms. The molecule has 2 aliphatic carbocycles. The summed E-state index contributed by atoms with van der Waals surface area (Å²) >= 11 is 4.33. The van der Waals surface area contributed by atoms with Gasteiger partial charge in [0, 0.05) is 32.4 Å². The third-order valence-corrected chi connectivity index (χ3v) is 12.1. The van der Waals surface area contributed by atoms with Gasteiger partial charge in [-0.15, -0.1) is 22.7 Å². The van der Waals surface area contributed by atoms with Crippen molar-refractivity contribution in [3.63, 3.8) is 0 Å². The number of carbonyl (C=O) groups excluding carboxylic acids is 3. The van der Waals surface area contributed by atoms with Crippen molar-refractivity contribution in [2.24, 2.45) is 16.8 Å². The molecule has 0 radical (unpaired) electrons. The minimum Gasteiger partial charge on any atom is -0.444 e. The van der Waals surface area contributed by atoms with Crippen molar-refractivity contribution in [3.05, 3.63) is 78.4 Å². The van der Waals surface area contributed by atoms with Crippen molar-refractivity contribution in [1.29, 1.82) is 0 Å². The summed E-state index contributed by atoms with van der Waals surface area (Å²) < 4.78 is 19.8. The third kappa shape index (κ3) is 4.22. The second kappa shape index (κ2) is 10.8. The van der Waals surface area contributed by atoms with Crippen LogP contribution < -0.4 is 0 Å². The number of aromatic nitrogens is 3. The first-order valence-electron chi connectivity index (χ1n) is 15.2. The average molecular weight is 661 g/mol. The van der Waals surface area contributed by atoms with E-state index in [2.05, 4.69) is 19.8 Å². The average Bonchev–Trinajstić information content (AvgIpc) is 3.90. The maximum Gasteiger partial charge on any atom is 0.419 e. The standard InChI is InChI=1S/C35H24N4O4S3/c40-31-19-10-4-5-11-20(19)32(41)29(31)36-23-15-14-21(27-28(23)38-46-37-27)26-16-24-33(45-26)34-30(22-12-6-7-13-25(22)44-34)39(24)35(42)43-17-18-8-2-1-3-9-18/h1-3,6-9,12-16,19-20H,4-5,10-11,17H2. The minimum absolute atomic E-state index is 0.0518. The normalized spacial score (nSPS) is 18.3. The topological polar surface area (TPSA) is 104 Å². The lowest BCUT2D eigenvalue weighted by Gasteiger charge is -2.20. The van der Waals surface area contributed by atoms with Crippen molar-refractivity contribution in [2.75, 3.05) is 0 Å². The first-order chi connectivity index (χ1) is 22.6. The van der Waals surface area contributed by atoms with E-state index in [0.717, 1.165) is 83.9 Å². The zero-order chi connectivity index (χ0) is 30.9. The molecule has 0 amide bonds. The molecule has 0 aliphatic heterocycles. The number of rotatable bonds is 4. The van der Waals surface area contributed by atoms with Crippen molar-refractivity contribution in [3.8, 4) is 10.4 Å². The first-order valence-corrected chi connectivity index (χ1v) is 17.5. The largest absolute Gasteiger partial charge is 0.444 e. The van der Waals surface area contributed by atoms with Crippen LogP contribution in [0, 0.1) is 11.8 Å². The van der Waals surface area contributed by atoms with Gasteiger partial charge in [0.05, 0.1) is 37.8 Å². The molecule has 2 aliphatic rings. The molecule has 3 aromatic carbocycles. The Morgan fingerprint density at radius 3 is 2.41 bits per heavy atom. The van der Waals surface area contributed by atoms with Crippen LogP contribution in [0.1, 0.15) is 31.2 Å². The number of carbonyl (C=O) groups is 3. The number of hydrogen-bond donors (Lipinski definition) is 0. The molecule has 7 aromatic rings. The van der Waals surface area contributed by atoms with E-state index in [0.29, 0.717) is 16.7 Å². The van der Waals surface area contributed by atoms with Crippen molar-refractivity contribution < 1.29 is 19.1 Å². The van der Waals surface area contributed by atoms with Gasteiger partial charge in [-0.1, -0.05) is 61.4 Å². The van der Waals surface area contributed by atoms with Gasteiger partial charge < -0.3 is 4.74 Å². The van der Waals surface area contributed by atoms with Crippen LogP contribution in [-0.2, 0) is 20.9 Å². The number of benzene rings is 3. The molecule has 4 aromatic heterocycles. The second-order valence-corrected chi connectivity index (χ2v) is 14.4. The highest BCUT2D eigenvalue weighted by Gasteiger charge is 2.47. The summed E-state index contributed by atoms with van der Waals surface area (Å²) in [6, 6.07) is 23.5. The Kier molecular flexibility index (Phi) is 6.48. The summed E-state index contributed by atoms with van der Waals surface area (Å²) in [5.41, 5.74) is 5.13. The first kappa shape index (κ1) is 27.7. The summed E-state index contributed by atoms with van der Waals surface area (Å²) in [4.78, 5) is 45.6. The molecule has 2 atom stereocenters. The van der Waals surface area contributed by atoms with Crippen molar-refractivity contribution in [1.82, 2.24) is 13.3 Å². The molecule has 9 rings (SSSR count). The Morgan fingerprint density at radius 1 is 0.870 bits per heavy atom. The Hall–Kier alpha value is -4.58. The molecular formula is C35H24N4O4S3. The van der Waals surface area contributed by atoms with E-state index >= 15 is 0 Å². The Balaban J connectivity index is 1.15. The van der Waals surface area contributed by atoms with Crippen LogP contribution in [0.25, 0.3) is 52.0 Å². The van der Waals surface area contributed by atoms with Gasteiger partial charge in [0.1, 0.15) is 17.6 Å². The lowest BCUT2D eigenvalue weighted by molar-refractivity contribution is -0.120. The number of nitrogens with zero attached hydrogens (tertiary/aromatic N) is 4. The number of aliphatic imine (C=N–C) groups is 1. The van der Waals surface area contributed by atoms with Crippen LogP contribution in [0.15, 0.2) is 77.8 Å². The quantitative estimate of drug-likeness (QED) is 0.187. The third-order valence-electron chi connectivity index (χ3n) is 9.14. The molecule has 0 bridgehead atoms.